The van der Waals surface area contributed by atoms with Gasteiger partial charge in [0.05, 0.1) is 26.2 Å². The van der Waals surface area contributed by atoms with Gasteiger partial charge < -0.3 is 14.2 Å². The highest BCUT2D eigenvalue weighted by atomic mass is 16.7. The van der Waals surface area contributed by atoms with Gasteiger partial charge in [-0.3, -0.25) is 4.79 Å². The molecule has 0 amide bonds. The van der Waals surface area contributed by atoms with E-state index >= 15 is 0 Å². The molecule has 0 aromatic heterocycles. The van der Waals surface area contributed by atoms with Crippen molar-refractivity contribution >= 4 is 12.0 Å². The Morgan fingerprint density at radius 1 is 1.42 bits per heavy atom. The molecule has 0 aliphatic carbocycles. The van der Waals surface area contributed by atoms with Crippen molar-refractivity contribution < 1.29 is 19.0 Å². The number of benzene rings is 1. The average molecular weight is 262 g/mol. The summed E-state index contributed by atoms with van der Waals surface area (Å²) in [6.07, 6.45) is 3.72. The van der Waals surface area contributed by atoms with Crippen molar-refractivity contribution in [2.45, 2.75) is 19.6 Å². The number of carbonyl (C=O) groups excluding carboxylic acids is 1. The quantitative estimate of drug-likeness (QED) is 0.765. The number of hydrogen-bond acceptors (Lipinski definition) is 4. The molecule has 0 radical (unpaired) electrons. The van der Waals surface area contributed by atoms with E-state index in [4.69, 9.17) is 14.2 Å². The van der Waals surface area contributed by atoms with E-state index in [0.717, 1.165) is 11.1 Å². The summed E-state index contributed by atoms with van der Waals surface area (Å²) in [5.41, 5.74) is 2.01. The second-order valence-electron chi connectivity index (χ2n) is 4.16. The van der Waals surface area contributed by atoms with Gasteiger partial charge in [0.2, 0.25) is 0 Å². The highest BCUT2D eigenvalue weighted by Gasteiger charge is 2.17. The largest absolute Gasteiger partial charge is 0.466 e. The highest BCUT2D eigenvalue weighted by Crippen LogP contribution is 2.24. The summed E-state index contributed by atoms with van der Waals surface area (Å²) in [5, 5.41) is 0. The molecule has 0 atom stereocenters. The second-order valence-corrected chi connectivity index (χ2v) is 4.16. The Morgan fingerprint density at radius 3 is 2.95 bits per heavy atom. The molecule has 1 aliphatic rings. The van der Waals surface area contributed by atoms with Gasteiger partial charge in [0, 0.05) is 5.56 Å². The maximum Gasteiger partial charge on any atom is 0.309 e. The summed E-state index contributed by atoms with van der Waals surface area (Å²) in [4.78, 5) is 11.2. The summed E-state index contributed by atoms with van der Waals surface area (Å²) in [5.74, 6) is -0.211. The fourth-order valence-electron chi connectivity index (χ4n) is 1.87. The van der Waals surface area contributed by atoms with Gasteiger partial charge in [0.1, 0.15) is 0 Å². The number of hydrogen-bond donors (Lipinski definition) is 0. The van der Waals surface area contributed by atoms with Gasteiger partial charge in [-0.2, -0.15) is 0 Å². The average Bonchev–Trinajstić information content (AvgIpc) is 2.93. The van der Waals surface area contributed by atoms with Gasteiger partial charge in [0.15, 0.2) is 6.29 Å². The minimum atomic E-state index is -0.265. The molecule has 0 spiro atoms. The maximum absolute atomic E-state index is 11.2. The Labute approximate surface area is 113 Å². The minimum Gasteiger partial charge on any atom is -0.466 e. The zero-order chi connectivity index (χ0) is 13.5. The Morgan fingerprint density at radius 2 is 2.21 bits per heavy atom. The number of esters is 1. The topological polar surface area (TPSA) is 44.8 Å². The van der Waals surface area contributed by atoms with Crippen molar-refractivity contribution in [2.24, 2.45) is 0 Å². The van der Waals surface area contributed by atoms with Gasteiger partial charge in [-0.25, -0.2) is 0 Å². The van der Waals surface area contributed by atoms with Gasteiger partial charge in [-0.05, 0) is 18.6 Å². The molecule has 4 heteroatoms. The van der Waals surface area contributed by atoms with Crippen LogP contribution in [0.4, 0.5) is 0 Å². The fourth-order valence-corrected chi connectivity index (χ4v) is 1.87. The molecule has 1 heterocycles. The highest BCUT2D eigenvalue weighted by molar-refractivity contribution is 5.72. The van der Waals surface area contributed by atoms with E-state index < -0.39 is 0 Å². The molecule has 0 saturated carbocycles. The first-order valence-electron chi connectivity index (χ1n) is 6.45. The molecule has 102 valence electrons. The molecule has 4 nitrogen and oxygen atoms in total. The zero-order valence-electron chi connectivity index (χ0n) is 11.0. The van der Waals surface area contributed by atoms with Gasteiger partial charge >= 0.3 is 5.97 Å². The van der Waals surface area contributed by atoms with E-state index in [1.54, 1.807) is 13.0 Å². The van der Waals surface area contributed by atoms with Crippen LogP contribution in [0, 0.1) is 0 Å². The Hall–Kier alpha value is -1.65. The Bertz CT molecular complexity index is 447. The minimum absolute atomic E-state index is 0.211. The zero-order valence-corrected chi connectivity index (χ0v) is 11.0. The molecule has 1 aliphatic heterocycles. The van der Waals surface area contributed by atoms with Gasteiger partial charge in [-0.15, -0.1) is 0 Å². The van der Waals surface area contributed by atoms with Crippen LogP contribution in [0.15, 0.2) is 30.3 Å². The lowest BCUT2D eigenvalue weighted by Gasteiger charge is -2.09. The van der Waals surface area contributed by atoms with E-state index in [1.165, 1.54) is 0 Å². The lowest BCUT2D eigenvalue weighted by molar-refractivity contribution is -0.142. The molecular weight excluding hydrogens is 244 g/mol. The third-order valence-electron chi connectivity index (χ3n) is 2.70. The Kier molecular flexibility index (Phi) is 5.12. The van der Waals surface area contributed by atoms with Crippen molar-refractivity contribution in [2.75, 3.05) is 19.8 Å². The van der Waals surface area contributed by atoms with Crippen LogP contribution >= 0.6 is 0 Å². The number of rotatable bonds is 5. The van der Waals surface area contributed by atoms with Crippen molar-refractivity contribution in [3.05, 3.63) is 41.5 Å². The van der Waals surface area contributed by atoms with Crippen LogP contribution in [0.1, 0.15) is 30.8 Å². The standard InChI is InChI=1S/C15H18O4/c1-2-17-14(16)8-4-6-12-5-3-7-13(11-12)15-18-9-10-19-15/h3-7,11,15H,2,8-10H2,1H3. The molecule has 0 unspecified atom stereocenters. The first kappa shape index (κ1) is 13.8. The van der Waals surface area contributed by atoms with Crippen LogP contribution in [0.25, 0.3) is 6.08 Å². The van der Waals surface area contributed by atoms with E-state index in [0.29, 0.717) is 19.8 Å². The summed E-state index contributed by atoms with van der Waals surface area (Å²) in [7, 11) is 0. The second kappa shape index (κ2) is 7.07. The lowest BCUT2D eigenvalue weighted by atomic mass is 10.1. The van der Waals surface area contributed by atoms with Crippen LogP contribution in [-0.4, -0.2) is 25.8 Å². The van der Waals surface area contributed by atoms with Gasteiger partial charge in [-0.1, -0.05) is 30.4 Å². The van der Waals surface area contributed by atoms with Crippen molar-refractivity contribution in [1.82, 2.24) is 0 Å². The van der Waals surface area contributed by atoms with E-state index in [1.807, 2.05) is 30.3 Å². The molecule has 0 bridgehead atoms. The van der Waals surface area contributed by atoms with Crippen molar-refractivity contribution in [3.63, 3.8) is 0 Å². The summed E-state index contributed by atoms with van der Waals surface area (Å²) in [6.45, 7) is 3.48. The molecule has 0 N–H and O–H groups in total. The predicted molar refractivity (Wildman–Crippen MR) is 71.4 cm³/mol. The maximum atomic E-state index is 11.2. The third kappa shape index (κ3) is 4.19. The van der Waals surface area contributed by atoms with E-state index in [2.05, 4.69) is 0 Å². The molecular formula is C15H18O4. The SMILES string of the molecule is CCOC(=O)CC=Cc1cccc(C2OCCO2)c1. The van der Waals surface area contributed by atoms with E-state index in [9.17, 15) is 4.79 Å². The molecule has 1 saturated heterocycles. The smallest absolute Gasteiger partial charge is 0.309 e. The number of carbonyl (C=O) groups is 1. The number of ether oxygens (including phenoxy) is 3. The summed E-state index contributed by atoms with van der Waals surface area (Å²) >= 11 is 0. The predicted octanol–water partition coefficient (Wildman–Crippen LogP) is 2.70. The van der Waals surface area contributed by atoms with Crippen LogP contribution in [0.3, 0.4) is 0 Å². The van der Waals surface area contributed by atoms with Crippen LogP contribution in [-0.2, 0) is 19.0 Å². The molecule has 2 rings (SSSR count). The van der Waals surface area contributed by atoms with Crippen LogP contribution < -0.4 is 0 Å². The fraction of sp³-hybridized carbons (Fsp3) is 0.400. The summed E-state index contributed by atoms with van der Waals surface area (Å²) in [6, 6.07) is 7.89. The third-order valence-corrected chi connectivity index (χ3v) is 2.70. The molecule has 1 fully saturated rings. The van der Waals surface area contributed by atoms with Gasteiger partial charge in [0.25, 0.3) is 0 Å². The van der Waals surface area contributed by atoms with E-state index in [-0.39, 0.29) is 18.7 Å². The Balaban J connectivity index is 1.94. The molecule has 1 aromatic carbocycles. The molecule has 1 aromatic rings. The summed E-state index contributed by atoms with van der Waals surface area (Å²) < 4.78 is 15.8. The lowest BCUT2D eigenvalue weighted by Crippen LogP contribution is -2.01. The van der Waals surface area contributed by atoms with Crippen molar-refractivity contribution in [1.29, 1.82) is 0 Å². The van der Waals surface area contributed by atoms with Crippen LogP contribution in [0.2, 0.25) is 0 Å². The first-order chi connectivity index (χ1) is 9.29. The van der Waals surface area contributed by atoms with Crippen LogP contribution in [0.5, 0.6) is 0 Å². The van der Waals surface area contributed by atoms with Crippen molar-refractivity contribution in [3.8, 4) is 0 Å². The molecule has 19 heavy (non-hydrogen) atoms. The monoisotopic (exact) mass is 262 g/mol. The normalized spacial score (nSPS) is 16.1. The first-order valence-corrected chi connectivity index (χ1v) is 6.45.